The van der Waals surface area contributed by atoms with Gasteiger partial charge >= 0.3 is 0 Å². The fourth-order valence-electron chi connectivity index (χ4n) is 3.48. The number of rotatable bonds is 2. The molecule has 0 radical (unpaired) electrons. The van der Waals surface area contributed by atoms with Crippen molar-refractivity contribution in [2.24, 2.45) is 5.92 Å². The van der Waals surface area contributed by atoms with Crippen molar-refractivity contribution in [2.45, 2.75) is 32.1 Å². The molecule has 23 heavy (non-hydrogen) atoms. The number of hydrogen-bond donors (Lipinski definition) is 0. The van der Waals surface area contributed by atoms with Crippen molar-refractivity contribution in [3.05, 3.63) is 35.6 Å². The highest BCUT2D eigenvalue weighted by Crippen LogP contribution is 2.23. The van der Waals surface area contributed by atoms with Crippen LogP contribution in [0.4, 0.5) is 4.39 Å². The summed E-state index contributed by atoms with van der Waals surface area (Å²) >= 11 is 0. The average Bonchev–Trinajstić information content (AvgIpc) is 2.62. The largest absolute Gasteiger partial charge is 0.342 e. The van der Waals surface area contributed by atoms with Crippen LogP contribution < -0.4 is 0 Å². The van der Waals surface area contributed by atoms with Gasteiger partial charge in [-0.3, -0.25) is 9.59 Å². The Kier molecular flexibility index (Phi) is 4.94. The van der Waals surface area contributed by atoms with Gasteiger partial charge in [0.25, 0.3) is 5.91 Å². The monoisotopic (exact) mass is 318 g/mol. The first-order valence-corrected chi connectivity index (χ1v) is 8.49. The number of hydrogen-bond acceptors (Lipinski definition) is 2. The predicted octanol–water partition coefficient (Wildman–Crippen LogP) is 2.69. The van der Waals surface area contributed by atoms with E-state index in [1.807, 2.05) is 4.90 Å². The van der Waals surface area contributed by atoms with Crippen LogP contribution in [0.5, 0.6) is 0 Å². The van der Waals surface area contributed by atoms with Crippen LogP contribution in [-0.2, 0) is 4.79 Å². The molecule has 1 aromatic carbocycles. The number of likely N-dealkylation sites (tertiary alicyclic amines) is 2. The van der Waals surface area contributed by atoms with Gasteiger partial charge in [-0.05, 0) is 56.4 Å². The lowest BCUT2D eigenvalue weighted by Gasteiger charge is -2.35. The smallest absolute Gasteiger partial charge is 0.253 e. The van der Waals surface area contributed by atoms with Crippen molar-refractivity contribution < 1.29 is 14.0 Å². The molecule has 2 aliphatic rings. The van der Waals surface area contributed by atoms with Gasteiger partial charge in [-0.1, -0.05) is 0 Å². The van der Waals surface area contributed by atoms with Gasteiger partial charge in [-0.2, -0.15) is 0 Å². The molecule has 0 bridgehead atoms. The van der Waals surface area contributed by atoms with Gasteiger partial charge in [0.1, 0.15) is 5.82 Å². The third kappa shape index (κ3) is 3.71. The number of amides is 2. The fraction of sp³-hybridized carbons (Fsp3) is 0.556. The zero-order valence-electron chi connectivity index (χ0n) is 13.3. The van der Waals surface area contributed by atoms with Crippen LogP contribution in [0, 0.1) is 11.7 Å². The average molecular weight is 318 g/mol. The minimum atomic E-state index is -0.340. The van der Waals surface area contributed by atoms with Crippen molar-refractivity contribution in [2.75, 3.05) is 26.2 Å². The SMILES string of the molecule is O=C(c1ccc(F)cc1)N1CCC(C(=O)N2CCCCC2)CC1. The molecule has 0 spiro atoms. The van der Waals surface area contributed by atoms with E-state index in [2.05, 4.69) is 0 Å². The maximum absolute atomic E-state index is 12.9. The third-order valence-electron chi connectivity index (χ3n) is 4.89. The van der Waals surface area contributed by atoms with Gasteiger partial charge in [0.15, 0.2) is 0 Å². The van der Waals surface area contributed by atoms with E-state index in [4.69, 9.17) is 0 Å². The Labute approximate surface area is 136 Å². The van der Waals surface area contributed by atoms with Crippen molar-refractivity contribution in [1.29, 1.82) is 0 Å². The van der Waals surface area contributed by atoms with Crippen LogP contribution in [0.15, 0.2) is 24.3 Å². The number of nitrogens with zero attached hydrogens (tertiary/aromatic N) is 2. The normalized spacial score (nSPS) is 19.7. The number of carbonyl (C=O) groups is 2. The van der Waals surface area contributed by atoms with Crippen LogP contribution in [0.25, 0.3) is 0 Å². The van der Waals surface area contributed by atoms with E-state index < -0.39 is 0 Å². The summed E-state index contributed by atoms with van der Waals surface area (Å²) in [6.45, 7) is 2.96. The number of benzene rings is 1. The van der Waals surface area contributed by atoms with Gasteiger partial charge in [0, 0.05) is 37.7 Å². The van der Waals surface area contributed by atoms with Gasteiger partial charge in [-0.25, -0.2) is 4.39 Å². The van der Waals surface area contributed by atoms with Crippen LogP contribution in [0.1, 0.15) is 42.5 Å². The molecule has 5 heteroatoms. The molecule has 0 unspecified atom stereocenters. The lowest BCUT2D eigenvalue weighted by atomic mass is 9.94. The number of carbonyl (C=O) groups excluding carboxylic acids is 2. The molecule has 0 atom stereocenters. The predicted molar refractivity (Wildman–Crippen MR) is 85.5 cm³/mol. The second-order valence-corrected chi connectivity index (χ2v) is 6.46. The maximum atomic E-state index is 12.9. The Hall–Kier alpha value is -1.91. The third-order valence-corrected chi connectivity index (χ3v) is 4.89. The summed E-state index contributed by atoms with van der Waals surface area (Å²) in [5.74, 6) is -0.106. The molecule has 4 nitrogen and oxygen atoms in total. The standard InChI is InChI=1S/C18H23FN2O2/c19-16-6-4-14(5-7-16)17(22)21-12-8-15(9-13-21)18(23)20-10-2-1-3-11-20/h4-7,15H,1-3,8-13H2. The summed E-state index contributed by atoms with van der Waals surface area (Å²) < 4.78 is 12.9. The summed E-state index contributed by atoms with van der Waals surface area (Å²) in [6, 6.07) is 5.64. The van der Waals surface area contributed by atoms with Crippen LogP contribution in [0.2, 0.25) is 0 Å². The lowest BCUT2D eigenvalue weighted by molar-refractivity contribution is -0.137. The molecule has 2 aliphatic heterocycles. The molecule has 0 aromatic heterocycles. The van der Waals surface area contributed by atoms with E-state index in [0.29, 0.717) is 18.7 Å². The Bertz CT molecular complexity index is 559. The van der Waals surface area contributed by atoms with E-state index in [1.54, 1.807) is 4.90 Å². The van der Waals surface area contributed by atoms with Crippen LogP contribution in [-0.4, -0.2) is 47.8 Å². The summed E-state index contributed by atoms with van der Waals surface area (Å²) in [7, 11) is 0. The fourth-order valence-corrected chi connectivity index (χ4v) is 3.48. The molecule has 3 rings (SSSR count). The van der Waals surface area contributed by atoms with E-state index in [0.717, 1.165) is 38.8 Å². The van der Waals surface area contributed by atoms with Crippen molar-refractivity contribution >= 4 is 11.8 Å². The molecular formula is C18H23FN2O2. The lowest BCUT2D eigenvalue weighted by Crippen LogP contribution is -2.45. The zero-order valence-corrected chi connectivity index (χ0v) is 13.3. The zero-order chi connectivity index (χ0) is 16.2. The Morgan fingerprint density at radius 1 is 0.870 bits per heavy atom. The Morgan fingerprint density at radius 3 is 2.09 bits per heavy atom. The molecule has 124 valence electrons. The summed E-state index contributed by atoms with van der Waals surface area (Å²) in [5.41, 5.74) is 0.507. The van der Waals surface area contributed by atoms with Crippen LogP contribution in [0.3, 0.4) is 0 Å². The van der Waals surface area contributed by atoms with Crippen molar-refractivity contribution in [1.82, 2.24) is 9.80 Å². The second-order valence-electron chi connectivity index (χ2n) is 6.46. The molecule has 2 amide bonds. The first-order valence-electron chi connectivity index (χ1n) is 8.49. The molecule has 2 heterocycles. The van der Waals surface area contributed by atoms with E-state index >= 15 is 0 Å². The molecule has 0 aliphatic carbocycles. The Morgan fingerprint density at radius 2 is 1.48 bits per heavy atom. The highest BCUT2D eigenvalue weighted by atomic mass is 19.1. The molecule has 2 saturated heterocycles. The summed E-state index contributed by atoms with van der Waals surface area (Å²) in [5, 5.41) is 0. The number of halogens is 1. The summed E-state index contributed by atoms with van der Waals surface area (Å²) in [6.07, 6.45) is 4.88. The molecule has 1 aromatic rings. The molecule has 0 saturated carbocycles. The second kappa shape index (κ2) is 7.11. The van der Waals surface area contributed by atoms with Gasteiger partial charge in [0.2, 0.25) is 5.91 Å². The van der Waals surface area contributed by atoms with E-state index in [9.17, 15) is 14.0 Å². The highest BCUT2D eigenvalue weighted by molar-refractivity contribution is 5.94. The van der Waals surface area contributed by atoms with Gasteiger partial charge in [-0.15, -0.1) is 0 Å². The van der Waals surface area contributed by atoms with E-state index in [-0.39, 0.29) is 23.5 Å². The quantitative estimate of drug-likeness (QED) is 0.841. The van der Waals surface area contributed by atoms with Crippen molar-refractivity contribution in [3.8, 4) is 0 Å². The number of piperidine rings is 2. The van der Waals surface area contributed by atoms with Gasteiger partial charge < -0.3 is 9.80 Å². The first-order chi connectivity index (χ1) is 11.1. The molecule has 0 N–H and O–H groups in total. The minimum absolute atomic E-state index is 0.0466. The topological polar surface area (TPSA) is 40.6 Å². The minimum Gasteiger partial charge on any atom is -0.342 e. The van der Waals surface area contributed by atoms with Gasteiger partial charge in [0.05, 0.1) is 0 Å². The van der Waals surface area contributed by atoms with Crippen LogP contribution >= 0.6 is 0 Å². The Balaban J connectivity index is 1.54. The van der Waals surface area contributed by atoms with Crippen molar-refractivity contribution in [3.63, 3.8) is 0 Å². The highest BCUT2D eigenvalue weighted by Gasteiger charge is 2.30. The molecule has 2 fully saturated rings. The maximum Gasteiger partial charge on any atom is 0.253 e. The summed E-state index contributed by atoms with van der Waals surface area (Å²) in [4.78, 5) is 28.7. The first kappa shape index (κ1) is 16.0. The molecular weight excluding hydrogens is 295 g/mol. The van der Waals surface area contributed by atoms with E-state index in [1.165, 1.54) is 30.7 Å².